The molecule has 0 unspecified atom stereocenters. The lowest BCUT2D eigenvalue weighted by atomic mass is 10.2. The van der Waals surface area contributed by atoms with Crippen molar-refractivity contribution in [1.29, 1.82) is 0 Å². The Kier molecular flexibility index (Phi) is 5.81. The van der Waals surface area contributed by atoms with Crippen LogP contribution in [-0.4, -0.2) is 47.3 Å². The van der Waals surface area contributed by atoms with E-state index in [2.05, 4.69) is 0 Å². The lowest BCUT2D eigenvalue weighted by Crippen LogP contribution is -2.36. The zero-order chi connectivity index (χ0) is 13.7. The molecule has 0 aromatic heterocycles. The molecular weight excluding hydrogens is 284 g/mol. The van der Waals surface area contributed by atoms with Crippen molar-refractivity contribution in [2.45, 2.75) is 0 Å². The van der Waals surface area contributed by atoms with Crippen molar-refractivity contribution in [3.8, 4) is 0 Å². The summed E-state index contributed by atoms with van der Waals surface area (Å²) in [6, 6.07) is 2.08. The van der Waals surface area contributed by atoms with E-state index in [0.29, 0.717) is 0 Å². The van der Waals surface area contributed by atoms with Crippen LogP contribution in [0.2, 0.25) is 10.0 Å². The summed E-state index contributed by atoms with van der Waals surface area (Å²) in [6.45, 7) is -0.473. The average molecular weight is 296 g/mol. The Morgan fingerprint density at radius 2 is 1.72 bits per heavy atom. The molecule has 1 aromatic rings. The lowest BCUT2D eigenvalue weighted by Gasteiger charge is -2.21. The molecule has 0 aliphatic rings. The van der Waals surface area contributed by atoms with Gasteiger partial charge in [0.25, 0.3) is 5.91 Å². The van der Waals surface area contributed by atoms with Gasteiger partial charge in [-0.15, -0.1) is 0 Å². The Labute approximate surface area is 114 Å². The Morgan fingerprint density at radius 3 is 2.22 bits per heavy atom. The monoisotopic (exact) mass is 295 g/mol. The second-order valence-electron chi connectivity index (χ2n) is 3.49. The SMILES string of the molecule is O=C(c1cc(F)c(Cl)cc1Cl)N(CCO)CCO. The van der Waals surface area contributed by atoms with Crippen molar-refractivity contribution in [3.05, 3.63) is 33.6 Å². The van der Waals surface area contributed by atoms with Gasteiger partial charge in [-0.2, -0.15) is 0 Å². The number of hydrogen-bond acceptors (Lipinski definition) is 3. The highest BCUT2D eigenvalue weighted by Crippen LogP contribution is 2.25. The molecule has 0 heterocycles. The minimum Gasteiger partial charge on any atom is -0.395 e. The zero-order valence-electron chi connectivity index (χ0n) is 9.37. The third-order valence-electron chi connectivity index (χ3n) is 2.27. The lowest BCUT2D eigenvalue weighted by molar-refractivity contribution is 0.0684. The van der Waals surface area contributed by atoms with Gasteiger partial charge in [-0.3, -0.25) is 4.79 Å². The molecule has 100 valence electrons. The number of nitrogens with zero attached hydrogens (tertiary/aromatic N) is 1. The average Bonchev–Trinajstić information content (AvgIpc) is 2.33. The number of aliphatic hydroxyl groups is 2. The second-order valence-corrected chi connectivity index (χ2v) is 4.30. The van der Waals surface area contributed by atoms with Crippen molar-refractivity contribution in [2.75, 3.05) is 26.3 Å². The Hall–Kier alpha value is -0.880. The van der Waals surface area contributed by atoms with Gasteiger partial charge >= 0.3 is 0 Å². The van der Waals surface area contributed by atoms with Crippen LogP contribution in [-0.2, 0) is 0 Å². The number of carbonyl (C=O) groups is 1. The molecule has 2 N–H and O–H groups in total. The van der Waals surface area contributed by atoms with Gasteiger partial charge in [-0.1, -0.05) is 23.2 Å². The number of carbonyl (C=O) groups excluding carboxylic acids is 1. The summed E-state index contributed by atoms with van der Waals surface area (Å²) in [5.41, 5.74) is -0.0551. The maximum atomic E-state index is 13.3. The van der Waals surface area contributed by atoms with Crippen LogP contribution in [0.1, 0.15) is 10.4 Å². The highest BCUT2D eigenvalue weighted by atomic mass is 35.5. The summed E-state index contributed by atoms with van der Waals surface area (Å²) in [7, 11) is 0. The maximum Gasteiger partial charge on any atom is 0.255 e. The normalized spacial score (nSPS) is 10.5. The van der Waals surface area contributed by atoms with E-state index in [1.165, 1.54) is 4.90 Å². The number of benzene rings is 1. The number of aliphatic hydroxyl groups excluding tert-OH is 2. The fourth-order valence-electron chi connectivity index (χ4n) is 1.41. The van der Waals surface area contributed by atoms with Crippen LogP contribution in [0.25, 0.3) is 0 Å². The minimum atomic E-state index is -0.752. The summed E-state index contributed by atoms with van der Waals surface area (Å²) < 4.78 is 13.3. The third-order valence-corrected chi connectivity index (χ3v) is 2.87. The van der Waals surface area contributed by atoms with Crippen LogP contribution in [0.4, 0.5) is 4.39 Å². The first-order valence-electron chi connectivity index (χ1n) is 5.16. The van der Waals surface area contributed by atoms with Gasteiger partial charge in [0.15, 0.2) is 0 Å². The number of amides is 1. The largest absolute Gasteiger partial charge is 0.395 e. The van der Waals surface area contributed by atoms with E-state index < -0.39 is 11.7 Å². The molecule has 1 amide bonds. The van der Waals surface area contributed by atoms with E-state index in [4.69, 9.17) is 33.4 Å². The predicted molar refractivity (Wildman–Crippen MR) is 66.5 cm³/mol. The number of halogens is 3. The summed E-state index contributed by atoms with van der Waals surface area (Å²) in [6.07, 6.45) is 0. The standard InChI is InChI=1S/C11H12Cl2FNO3/c12-8-6-9(13)10(14)5-7(8)11(18)15(1-3-16)2-4-17/h5-6,16-17H,1-4H2. The smallest absolute Gasteiger partial charge is 0.255 e. The van der Waals surface area contributed by atoms with E-state index in [9.17, 15) is 9.18 Å². The number of hydrogen-bond donors (Lipinski definition) is 2. The van der Waals surface area contributed by atoms with Crippen LogP contribution in [0.15, 0.2) is 12.1 Å². The molecule has 0 radical (unpaired) electrons. The van der Waals surface area contributed by atoms with Crippen molar-refractivity contribution >= 4 is 29.1 Å². The number of rotatable bonds is 5. The van der Waals surface area contributed by atoms with Gasteiger partial charge in [-0.05, 0) is 12.1 Å². The van der Waals surface area contributed by atoms with Crippen molar-refractivity contribution < 1.29 is 19.4 Å². The fourth-order valence-corrected chi connectivity index (χ4v) is 1.88. The van der Waals surface area contributed by atoms with Crippen LogP contribution in [0.5, 0.6) is 0 Å². The van der Waals surface area contributed by atoms with Crippen LogP contribution in [0.3, 0.4) is 0 Å². The molecule has 1 aromatic carbocycles. The first-order valence-corrected chi connectivity index (χ1v) is 5.92. The summed E-state index contributed by atoms with van der Waals surface area (Å²) in [5, 5.41) is 17.5. The molecule has 4 nitrogen and oxygen atoms in total. The molecule has 1 rings (SSSR count). The quantitative estimate of drug-likeness (QED) is 0.811. The molecule has 0 saturated carbocycles. The van der Waals surface area contributed by atoms with Crippen molar-refractivity contribution in [2.24, 2.45) is 0 Å². The van der Waals surface area contributed by atoms with Crippen molar-refractivity contribution in [3.63, 3.8) is 0 Å². The summed E-state index contributed by atoms with van der Waals surface area (Å²) in [4.78, 5) is 13.2. The molecule has 0 bridgehead atoms. The van der Waals surface area contributed by atoms with E-state index in [1.807, 2.05) is 0 Å². The van der Waals surface area contributed by atoms with E-state index in [-0.39, 0.29) is 41.9 Å². The zero-order valence-corrected chi connectivity index (χ0v) is 10.9. The molecule has 0 atom stereocenters. The Morgan fingerprint density at radius 1 is 1.17 bits per heavy atom. The van der Waals surface area contributed by atoms with Gasteiger partial charge in [0, 0.05) is 13.1 Å². The van der Waals surface area contributed by atoms with Crippen molar-refractivity contribution in [1.82, 2.24) is 4.90 Å². The first-order chi connectivity index (χ1) is 8.51. The predicted octanol–water partition coefficient (Wildman–Crippen LogP) is 1.56. The minimum absolute atomic E-state index is 0.0206. The van der Waals surface area contributed by atoms with Crippen LogP contribution >= 0.6 is 23.2 Å². The van der Waals surface area contributed by atoms with Gasteiger partial charge in [0.05, 0.1) is 28.8 Å². The van der Waals surface area contributed by atoms with Gasteiger partial charge in [0.1, 0.15) is 5.82 Å². The molecule has 0 spiro atoms. The molecule has 18 heavy (non-hydrogen) atoms. The fraction of sp³-hybridized carbons (Fsp3) is 0.364. The molecule has 0 fully saturated rings. The Balaban J connectivity index is 3.04. The Bertz CT molecular complexity index is 437. The highest BCUT2D eigenvalue weighted by molar-refractivity contribution is 6.36. The first kappa shape index (κ1) is 15.2. The van der Waals surface area contributed by atoms with Crippen LogP contribution < -0.4 is 0 Å². The summed E-state index contributed by atoms with van der Waals surface area (Å²) >= 11 is 11.3. The van der Waals surface area contributed by atoms with E-state index in [1.54, 1.807) is 0 Å². The molecule has 0 aliphatic carbocycles. The van der Waals surface area contributed by atoms with Gasteiger partial charge < -0.3 is 15.1 Å². The molecular formula is C11H12Cl2FNO3. The van der Waals surface area contributed by atoms with E-state index in [0.717, 1.165) is 12.1 Å². The third kappa shape index (κ3) is 3.55. The summed E-state index contributed by atoms with van der Waals surface area (Å²) in [5.74, 6) is -1.32. The maximum absolute atomic E-state index is 13.3. The van der Waals surface area contributed by atoms with Gasteiger partial charge in [-0.25, -0.2) is 4.39 Å². The topological polar surface area (TPSA) is 60.8 Å². The second kappa shape index (κ2) is 6.89. The van der Waals surface area contributed by atoms with Gasteiger partial charge in [0.2, 0.25) is 0 Å². The van der Waals surface area contributed by atoms with E-state index >= 15 is 0 Å². The molecule has 0 saturated heterocycles. The molecule has 7 heteroatoms. The molecule has 0 aliphatic heterocycles. The highest BCUT2D eigenvalue weighted by Gasteiger charge is 2.19. The van der Waals surface area contributed by atoms with Crippen LogP contribution in [0, 0.1) is 5.82 Å².